The fourth-order valence-corrected chi connectivity index (χ4v) is 0. The van der Waals surface area contributed by atoms with Crippen molar-refractivity contribution in [1.82, 2.24) is 0 Å². The third kappa shape index (κ3) is 3480. The molecule has 0 rings (SSSR count). The molecule has 56 valence electrons. The fraction of sp³-hybridized carbons (Fsp3) is 0.500. The first-order chi connectivity index (χ1) is 3.73. The summed E-state index contributed by atoms with van der Waals surface area (Å²) in [5, 5.41) is 6.00. The van der Waals surface area contributed by atoms with Crippen LogP contribution in [0, 0.1) is 5.41 Å². The molecule has 0 amide bonds. The Bertz CT molecular complexity index is 160. The summed E-state index contributed by atoms with van der Waals surface area (Å²) >= 11 is 3.33. The van der Waals surface area contributed by atoms with Gasteiger partial charge in [-0.2, -0.15) is 8.42 Å². The monoisotopic (exact) mass is 172 g/mol. The molecule has 0 fully saturated rings. The molecule has 0 atom stereocenters. The molecule has 0 heterocycles. The van der Waals surface area contributed by atoms with E-state index in [4.69, 9.17) is 9.96 Å². The first-order valence-corrected chi connectivity index (χ1v) is 3.98. The molecular formula is C2H8N2O3S2. The van der Waals surface area contributed by atoms with Crippen molar-refractivity contribution in [2.75, 3.05) is 6.26 Å². The maximum atomic E-state index is 9.19. The maximum Gasteiger partial charge on any atom is 0.261 e. The van der Waals surface area contributed by atoms with Gasteiger partial charge in [-0.1, -0.05) is 0 Å². The lowest BCUT2D eigenvalue weighted by Crippen LogP contribution is -1.96. The third-order valence-electron chi connectivity index (χ3n) is 0. The second kappa shape index (κ2) is 4.59. The maximum absolute atomic E-state index is 9.19. The average Bonchev–Trinajstić information content (AvgIpc) is 1.19. The topological polar surface area (TPSA) is 104 Å². The highest BCUT2D eigenvalue weighted by Gasteiger charge is 1.81. The second-order valence-corrected chi connectivity index (χ2v) is 3.07. The Labute approximate surface area is 58.9 Å². The normalized spacial score (nSPS) is 9.22. The summed E-state index contributed by atoms with van der Waals surface area (Å²) in [6.07, 6.45) is 0.715. The molecule has 0 aliphatic carbocycles. The van der Waals surface area contributed by atoms with Gasteiger partial charge in [-0.25, -0.2) is 0 Å². The van der Waals surface area contributed by atoms with Crippen molar-refractivity contribution < 1.29 is 13.0 Å². The smallest absolute Gasteiger partial charge is 0.261 e. The molecule has 0 spiro atoms. The van der Waals surface area contributed by atoms with E-state index in [2.05, 4.69) is 18.4 Å². The fourth-order valence-electron chi connectivity index (χ4n) is 0. The molecule has 9 heavy (non-hydrogen) atoms. The van der Waals surface area contributed by atoms with Gasteiger partial charge in [0, 0.05) is 0 Å². The molecule has 0 saturated carbocycles. The molecular weight excluding hydrogens is 164 g/mol. The number of thiol groups is 1. The van der Waals surface area contributed by atoms with Gasteiger partial charge in [0.2, 0.25) is 0 Å². The van der Waals surface area contributed by atoms with E-state index in [9.17, 15) is 8.42 Å². The molecule has 0 aromatic carbocycles. The Hall–Kier alpha value is -0.270. The molecule has 4 N–H and O–H groups in total. The highest BCUT2D eigenvalue weighted by atomic mass is 32.2. The van der Waals surface area contributed by atoms with Crippen LogP contribution in [0.25, 0.3) is 0 Å². The lowest BCUT2D eigenvalue weighted by atomic mass is 11.4. The molecule has 0 aliphatic heterocycles. The van der Waals surface area contributed by atoms with Crippen molar-refractivity contribution in [3.8, 4) is 0 Å². The predicted octanol–water partition coefficient (Wildman–Crippen LogP) is -0.686. The molecule has 0 radical (unpaired) electrons. The third-order valence-corrected chi connectivity index (χ3v) is 0. The largest absolute Gasteiger partial charge is 0.379 e. The van der Waals surface area contributed by atoms with E-state index in [1.165, 1.54) is 0 Å². The molecule has 0 bridgehead atoms. The Kier molecular flexibility index (Phi) is 5.88. The van der Waals surface area contributed by atoms with Crippen molar-refractivity contribution in [2.24, 2.45) is 5.73 Å². The van der Waals surface area contributed by atoms with Crippen LogP contribution in [0.4, 0.5) is 0 Å². The van der Waals surface area contributed by atoms with Gasteiger partial charge in [-0.05, 0) is 0 Å². The van der Waals surface area contributed by atoms with Gasteiger partial charge >= 0.3 is 0 Å². The minimum absolute atomic E-state index is 0.139. The zero-order valence-corrected chi connectivity index (χ0v) is 6.41. The summed E-state index contributed by atoms with van der Waals surface area (Å²) in [7, 11) is -3.67. The highest BCUT2D eigenvalue weighted by Crippen LogP contribution is 1.60. The lowest BCUT2D eigenvalue weighted by Gasteiger charge is -1.69. The summed E-state index contributed by atoms with van der Waals surface area (Å²) in [5.74, 6) is 0. The minimum Gasteiger partial charge on any atom is -0.379 e. The van der Waals surface area contributed by atoms with E-state index in [-0.39, 0.29) is 5.17 Å². The van der Waals surface area contributed by atoms with Crippen LogP contribution < -0.4 is 5.73 Å². The van der Waals surface area contributed by atoms with Crippen molar-refractivity contribution in [2.45, 2.75) is 0 Å². The summed E-state index contributed by atoms with van der Waals surface area (Å²) in [4.78, 5) is 0. The van der Waals surface area contributed by atoms with Crippen LogP contribution >= 0.6 is 12.6 Å². The van der Waals surface area contributed by atoms with Crippen LogP contribution in [0.3, 0.4) is 0 Å². The van der Waals surface area contributed by atoms with Crippen LogP contribution in [-0.4, -0.2) is 24.4 Å². The number of rotatable bonds is 0. The Balaban J connectivity index is 0. The van der Waals surface area contributed by atoms with Crippen LogP contribution in [0.15, 0.2) is 0 Å². The summed E-state index contributed by atoms with van der Waals surface area (Å²) < 4.78 is 25.9. The molecule has 0 saturated heterocycles. The first-order valence-electron chi connectivity index (χ1n) is 1.69. The SMILES string of the molecule is CS(=O)(=O)O.N=C(N)S. The van der Waals surface area contributed by atoms with Gasteiger partial charge in [-0.15, -0.1) is 12.6 Å². The van der Waals surface area contributed by atoms with Gasteiger partial charge in [0.1, 0.15) is 5.17 Å². The Morgan fingerprint density at radius 1 is 1.78 bits per heavy atom. The van der Waals surface area contributed by atoms with E-state index in [0.717, 1.165) is 0 Å². The van der Waals surface area contributed by atoms with Crippen molar-refractivity contribution >= 4 is 27.9 Å². The Morgan fingerprint density at radius 2 is 1.78 bits per heavy atom. The van der Waals surface area contributed by atoms with Crippen LogP contribution in [-0.2, 0) is 10.1 Å². The van der Waals surface area contributed by atoms with E-state index >= 15 is 0 Å². The molecule has 0 aromatic heterocycles. The standard InChI is InChI=1S/CH4N2S.CH4O3S/c2-1(3)4;1-5(2,3)4/h(H4,2,3,4);1H3,(H,2,3,4). The molecule has 7 heteroatoms. The van der Waals surface area contributed by atoms with Crippen molar-refractivity contribution in [3.05, 3.63) is 0 Å². The van der Waals surface area contributed by atoms with Crippen LogP contribution in [0.5, 0.6) is 0 Å². The van der Waals surface area contributed by atoms with E-state index < -0.39 is 10.1 Å². The molecule has 0 aliphatic rings. The molecule has 0 aromatic rings. The molecule has 0 unspecified atom stereocenters. The summed E-state index contributed by atoms with van der Waals surface area (Å²) in [6, 6.07) is 0. The minimum atomic E-state index is -3.67. The second-order valence-electron chi connectivity index (χ2n) is 1.12. The van der Waals surface area contributed by atoms with Gasteiger partial charge < -0.3 is 5.73 Å². The van der Waals surface area contributed by atoms with Gasteiger partial charge in [-0.3, -0.25) is 9.96 Å². The predicted molar refractivity (Wildman–Crippen MR) is 38.4 cm³/mol. The molecule has 5 nitrogen and oxygen atoms in total. The quantitative estimate of drug-likeness (QED) is 0.168. The van der Waals surface area contributed by atoms with Crippen LogP contribution in [0.1, 0.15) is 0 Å². The zero-order valence-electron chi connectivity index (χ0n) is 4.70. The van der Waals surface area contributed by atoms with E-state index in [1.54, 1.807) is 0 Å². The lowest BCUT2D eigenvalue weighted by molar-refractivity contribution is 0.490. The Morgan fingerprint density at radius 3 is 1.78 bits per heavy atom. The van der Waals surface area contributed by atoms with Gasteiger partial charge in [0.15, 0.2) is 0 Å². The zero-order chi connectivity index (χ0) is 8.08. The summed E-state index contributed by atoms with van der Waals surface area (Å²) in [5.41, 5.74) is 4.56. The van der Waals surface area contributed by atoms with E-state index in [1.807, 2.05) is 0 Å². The number of hydrogen-bond acceptors (Lipinski definition) is 3. The highest BCUT2D eigenvalue weighted by molar-refractivity contribution is 7.96. The average molecular weight is 172 g/mol. The van der Waals surface area contributed by atoms with E-state index in [0.29, 0.717) is 6.26 Å². The van der Waals surface area contributed by atoms with Crippen molar-refractivity contribution in [1.29, 1.82) is 5.41 Å². The number of hydrogen-bond donors (Lipinski definition) is 4. The number of nitrogens with two attached hydrogens (primary N) is 1. The van der Waals surface area contributed by atoms with Gasteiger partial charge in [0.05, 0.1) is 6.26 Å². The summed E-state index contributed by atoms with van der Waals surface area (Å²) in [6.45, 7) is 0. The first kappa shape index (κ1) is 11.5. The van der Waals surface area contributed by atoms with Crippen LogP contribution in [0.2, 0.25) is 0 Å². The number of amidine groups is 1. The number of nitrogens with one attached hydrogen (secondary N) is 1. The van der Waals surface area contributed by atoms with Gasteiger partial charge in [0.25, 0.3) is 10.1 Å². The van der Waals surface area contributed by atoms with Crippen molar-refractivity contribution in [3.63, 3.8) is 0 Å².